The van der Waals surface area contributed by atoms with Gasteiger partial charge in [0.2, 0.25) is 5.91 Å². The maximum absolute atomic E-state index is 13.0. The summed E-state index contributed by atoms with van der Waals surface area (Å²) in [6.07, 6.45) is 1.72. The Hall–Kier alpha value is -3.58. The molecule has 0 saturated carbocycles. The molecule has 1 aliphatic rings. The molecule has 0 fully saturated rings. The van der Waals surface area contributed by atoms with Crippen molar-refractivity contribution in [1.82, 2.24) is 25.0 Å². The van der Waals surface area contributed by atoms with Crippen LogP contribution in [-0.4, -0.2) is 45.2 Å². The minimum Gasteiger partial charge on any atom is -0.355 e. The van der Waals surface area contributed by atoms with E-state index in [9.17, 15) is 9.18 Å². The number of amides is 1. The van der Waals surface area contributed by atoms with Crippen LogP contribution in [0.4, 0.5) is 4.39 Å². The summed E-state index contributed by atoms with van der Waals surface area (Å²) in [7, 11) is 0. The zero-order valence-electron chi connectivity index (χ0n) is 19.1. The zero-order valence-corrected chi connectivity index (χ0v) is 19.1. The van der Waals surface area contributed by atoms with Gasteiger partial charge in [-0.25, -0.2) is 4.39 Å². The number of aromatic nitrogens is 3. The van der Waals surface area contributed by atoms with E-state index < -0.39 is 0 Å². The summed E-state index contributed by atoms with van der Waals surface area (Å²) >= 11 is 0. The highest BCUT2D eigenvalue weighted by atomic mass is 19.1. The summed E-state index contributed by atoms with van der Waals surface area (Å²) in [6, 6.07) is 21.1. The van der Waals surface area contributed by atoms with Crippen molar-refractivity contribution in [3.05, 3.63) is 95.3 Å². The normalized spacial score (nSPS) is 14.0. The third-order valence-electron chi connectivity index (χ3n) is 6.42. The Morgan fingerprint density at radius 3 is 2.65 bits per heavy atom. The number of nitrogens with one attached hydrogen (secondary N) is 1. The number of nitrogens with zero attached hydrogens (tertiary/aromatic N) is 4. The predicted octanol–water partition coefficient (Wildman–Crippen LogP) is 3.53. The number of carbonyl (C=O) groups excluding carboxylic acids is 1. The lowest BCUT2D eigenvalue weighted by Crippen LogP contribution is -2.28. The highest BCUT2D eigenvalue weighted by molar-refractivity contribution is 5.85. The Morgan fingerprint density at radius 1 is 0.941 bits per heavy atom. The van der Waals surface area contributed by atoms with Gasteiger partial charge in [0, 0.05) is 45.6 Å². The van der Waals surface area contributed by atoms with Crippen molar-refractivity contribution < 1.29 is 9.18 Å². The minimum absolute atomic E-state index is 0.0801. The molecule has 1 aliphatic heterocycles. The summed E-state index contributed by atoms with van der Waals surface area (Å²) in [5.74, 6) is 1.54. The van der Waals surface area contributed by atoms with Gasteiger partial charge in [-0.15, -0.1) is 10.2 Å². The third kappa shape index (κ3) is 5.15. The monoisotopic (exact) mass is 457 g/mol. The van der Waals surface area contributed by atoms with E-state index in [1.165, 1.54) is 28.5 Å². The van der Waals surface area contributed by atoms with E-state index in [2.05, 4.69) is 67.4 Å². The first-order valence-electron chi connectivity index (χ1n) is 11.8. The van der Waals surface area contributed by atoms with Gasteiger partial charge in [-0.2, -0.15) is 0 Å². The molecule has 0 bridgehead atoms. The predicted molar refractivity (Wildman–Crippen MR) is 130 cm³/mol. The van der Waals surface area contributed by atoms with Gasteiger partial charge in [-0.1, -0.05) is 54.6 Å². The average Bonchev–Trinajstić information content (AvgIpc) is 3.12. The molecule has 0 atom stereocenters. The van der Waals surface area contributed by atoms with Crippen molar-refractivity contribution in [2.24, 2.45) is 0 Å². The molecule has 0 aliphatic carbocycles. The molecular formula is C27H28FN5O. The van der Waals surface area contributed by atoms with Crippen molar-refractivity contribution in [2.75, 3.05) is 19.6 Å². The van der Waals surface area contributed by atoms with Crippen LogP contribution in [0.1, 0.15) is 22.8 Å². The standard InChI is InChI=1S/C27H28FN5O/c28-23-10-8-20(9-11-23)18-27(34)29-14-12-25-30-31-26-13-15-32(16-17-33(25)26)19-22-6-3-5-21-4-1-2-7-24(21)22/h1-11H,12-19H2,(H,29,34). The highest BCUT2D eigenvalue weighted by Gasteiger charge is 2.19. The molecule has 0 radical (unpaired) electrons. The number of rotatable bonds is 7. The second-order valence-electron chi connectivity index (χ2n) is 8.75. The maximum atomic E-state index is 13.0. The lowest BCUT2D eigenvalue weighted by molar-refractivity contribution is -0.120. The van der Waals surface area contributed by atoms with Gasteiger partial charge in [0.1, 0.15) is 17.5 Å². The average molecular weight is 458 g/mol. The fraction of sp³-hybridized carbons (Fsp3) is 0.296. The van der Waals surface area contributed by atoms with Gasteiger partial charge < -0.3 is 9.88 Å². The summed E-state index contributed by atoms with van der Waals surface area (Å²) in [5, 5.41) is 14.3. The summed E-state index contributed by atoms with van der Waals surface area (Å²) in [4.78, 5) is 14.7. The van der Waals surface area contributed by atoms with Gasteiger partial charge in [0.15, 0.2) is 0 Å². The summed E-state index contributed by atoms with van der Waals surface area (Å²) in [5.41, 5.74) is 2.14. The van der Waals surface area contributed by atoms with Crippen LogP contribution in [0.5, 0.6) is 0 Å². The quantitative estimate of drug-likeness (QED) is 0.461. The Labute approximate surface area is 198 Å². The van der Waals surface area contributed by atoms with Crippen molar-refractivity contribution in [3.63, 3.8) is 0 Å². The van der Waals surface area contributed by atoms with E-state index >= 15 is 0 Å². The van der Waals surface area contributed by atoms with Crippen LogP contribution in [0.3, 0.4) is 0 Å². The Morgan fingerprint density at radius 2 is 1.76 bits per heavy atom. The molecule has 0 spiro atoms. The maximum Gasteiger partial charge on any atom is 0.224 e. The van der Waals surface area contributed by atoms with Crippen LogP contribution in [0.25, 0.3) is 10.8 Å². The van der Waals surface area contributed by atoms with Gasteiger partial charge in [0.05, 0.1) is 6.42 Å². The lowest BCUT2D eigenvalue weighted by Gasteiger charge is -2.20. The molecule has 4 aromatic rings. The minimum atomic E-state index is -0.299. The molecule has 0 saturated heterocycles. The molecule has 0 unspecified atom stereocenters. The number of fused-ring (bicyclic) bond motifs is 2. The number of benzene rings is 3. The Kier molecular flexibility index (Phi) is 6.62. The zero-order chi connectivity index (χ0) is 23.3. The van der Waals surface area contributed by atoms with Crippen LogP contribution < -0.4 is 5.32 Å². The first kappa shape index (κ1) is 22.2. The van der Waals surface area contributed by atoms with Crippen molar-refractivity contribution >= 4 is 16.7 Å². The SMILES string of the molecule is O=C(Cc1ccc(F)cc1)NCCc1nnc2n1CCN(Cc1cccc3ccccc13)CC2. The summed E-state index contributed by atoms with van der Waals surface area (Å²) in [6.45, 7) is 4.12. The van der Waals surface area contributed by atoms with Gasteiger partial charge in [0.25, 0.3) is 0 Å². The van der Waals surface area contributed by atoms with Crippen molar-refractivity contribution in [2.45, 2.75) is 32.4 Å². The molecule has 2 heterocycles. The molecular weight excluding hydrogens is 429 g/mol. The van der Waals surface area contributed by atoms with Crippen molar-refractivity contribution in [3.8, 4) is 0 Å². The molecule has 174 valence electrons. The smallest absolute Gasteiger partial charge is 0.224 e. The molecule has 7 heteroatoms. The van der Waals surface area contributed by atoms with E-state index in [0.717, 1.165) is 49.8 Å². The molecule has 3 aromatic carbocycles. The fourth-order valence-electron chi connectivity index (χ4n) is 4.61. The van der Waals surface area contributed by atoms with Gasteiger partial charge in [-0.3, -0.25) is 9.69 Å². The molecule has 1 N–H and O–H groups in total. The number of halogens is 1. The van der Waals surface area contributed by atoms with Crippen LogP contribution in [0, 0.1) is 5.82 Å². The van der Waals surface area contributed by atoms with E-state index in [-0.39, 0.29) is 18.1 Å². The van der Waals surface area contributed by atoms with E-state index in [4.69, 9.17) is 0 Å². The third-order valence-corrected chi connectivity index (χ3v) is 6.42. The van der Waals surface area contributed by atoms with E-state index in [1.807, 2.05) is 0 Å². The topological polar surface area (TPSA) is 63.1 Å². The fourth-order valence-corrected chi connectivity index (χ4v) is 4.61. The number of hydrogen-bond donors (Lipinski definition) is 1. The molecule has 34 heavy (non-hydrogen) atoms. The lowest BCUT2D eigenvalue weighted by atomic mass is 10.0. The highest BCUT2D eigenvalue weighted by Crippen LogP contribution is 2.21. The molecule has 5 rings (SSSR count). The number of hydrogen-bond acceptors (Lipinski definition) is 4. The first-order valence-corrected chi connectivity index (χ1v) is 11.8. The second-order valence-corrected chi connectivity index (χ2v) is 8.75. The van der Waals surface area contributed by atoms with E-state index in [0.29, 0.717) is 13.0 Å². The van der Waals surface area contributed by atoms with Crippen LogP contribution in [0.15, 0.2) is 66.7 Å². The molecule has 1 amide bonds. The summed E-state index contributed by atoms with van der Waals surface area (Å²) < 4.78 is 15.2. The van der Waals surface area contributed by atoms with Gasteiger partial charge in [-0.05, 0) is 34.0 Å². The van der Waals surface area contributed by atoms with Gasteiger partial charge >= 0.3 is 0 Å². The van der Waals surface area contributed by atoms with Crippen LogP contribution in [0.2, 0.25) is 0 Å². The van der Waals surface area contributed by atoms with E-state index in [1.54, 1.807) is 12.1 Å². The number of carbonyl (C=O) groups is 1. The molecule has 6 nitrogen and oxygen atoms in total. The molecule has 1 aromatic heterocycles. The van der Waals surface area contributed by atoms with Crippen LogP contribution in [-0.2, 0) is 37.1 Å². The Bertz CT molecular complexity index is 1280. The first-order chi connectivity index (χ1) is 16.7. The second kappa shape index (κ2) is 10.1. The Balaban J connectivity index is 1.15. The van der Waals surface area contributed by atoms with Crippen LogP contribution >= 0.6 is 0 Å². The largest absolute Gasteiger partial charge is 0.355 e. The van der Waals surface area contributed by atoms with Crippen molar-refractivity contribution in [1.29, 1.82) is 0 Å².